The van der Waals surface area contributed by atoms with Crippen LogP contribution in [-0.4, -0.2) is 99.6 Å². The second kappa shape index (κ2) is 45.3. The fourth-order valence-corrected chi connectivity index (χ4v) is 8.14. The van der Waals surface area contributed by atoms with E-state index in [4.69, 9.17) is 14.2 Å². The number of aliphatic hydroxyl groups is 5. The van der Waals surface area contributed by atoms with Gasteiger partial charge in [0.15, 0.2) is 12.4 Å². The summed E-state index contributed by atoms with van der Waals surface area (Å²) in [6, 6.07) is -1.05. The molecule has 0 aliphatic carbocycles. The Labute approximate surface area is 413 Å². The summed E-state index contributed by atoms with van der Waals surface area (Å²) in [4.78, 5) is 26.4. The molecular weight excluding hydrogens is 859 g/mol. The molecular formula is C57H99NO10. The van der Waals surface area contributed by atoms with Crippen LogP contribution >= 0.6 is 0 Å². The summed E-state index contributed by atoms with van der Waals surface area (Å²) in [7, 11) is 0. The van der Waals surface area contributed by atoms with Crippen LogP contribution in [0.4, 0.5) is 0 Å². The summed E-state index contributed by atoms with van der Waals surface area (Å²) in [6.07, 6.45) is 45.2. The number of amides is 1. The normalized spacial score (nSPS) is 20.5. The van der Waals surface area contributed by atoms with E-state index >= 15 is 0 Å². The first kappa shape index (κ1) is 63.1. The Morgan fingerprint density at radius 2 is 1.06 bits per heavy atom. The summed E-state index contributed by atoms with van der Waals surface area (Å²) in [5, 5.41) is 56.6. The van der Waals surface area contributed by atoms with Gasteiger partial charge in [0.2, 0.25) is 5.91 Å². The van der Waals surface area contributed by atoms with Crippen LogP contribution in [0.2, 0.25) is 0 Å². The van der Waals surface area contributed by atoms with Gasteiger partial charge in [-0.1, -0.05) is 235 Å². The van der Waals surface area contributed by atoms with Crippen LogP contribution in [0.15, 0.2) is 72.9 Å². The zero-order valence-corrected chi connectivity index (χ0v) is 43.0. The average molecular weight is 958 g/mol. The topological polar surface area (TPSA) is 175 Å². The molecule has 8 atom stereocenters. The van der Waals surface area contributed by atoms with Crippen molar-refractivity contribution in [1.29, 1.82) is 0 Å². The molecule has 0 spiro atoms. The lowest BCUT2D eigenvalue weighted by molar-refractivity contribution is -0.305. The molecule has 1 saturated heterocycles. The van der Waals surface area contributed by atoms with Gasteiger partial charge in [0.05, 0.1) is 25.4 Å². The SMILES string of the molecule is CC/C=C/C=C/C=C\C=C/C=C/CCCCC(O)C(=O)NC(COC1OC(CO)C(O)C(O)C1OC(=O)CCCCCCCCCCCCCCC)C(O)/C=C/CCCCCCCCCCCC. The average Bonchev–Trinajstić information content (AvgIpc) is 3.33. The van der Waals surface area contributed by atoms with Crippen molar-refractivity contribution in [1.82, 2.24) is 5.32 Å². The molecule has 1 aliphatic rings. The zero-order valence-electron chi connectivity index (χ0n) is 43.0. The molecule has 68 heavy (non-hydrogen) atoms. The van der Waals surface area contributed by atoms with Crippen molar-refractivity contribution in [3.05, 3.63) is 72.9 Å². The number of rotatable bonds is 44. The molecule has 0 aromatic heterocycles. The molecule has 11 nitrogen and oxygen atoms in total. The monoisotopic (exact) mass is 958 g/mol. The summed E-state index contributed by atoms with van der Waals surface area (Å²) >= 11 is 0. The number of aliphatic hydroxyl groups excluding tert-OH is 5. The maximum absolute atomic E-state index is 13.3. The fourth-order valence-electron chi connectivity index (χ4n) is 8.14. The molecule has 1 aliphatic heterocycles. The second-order valence-electron chi connectivity index (χ2n) is 18.7. The molecule has 11 heteroatoms. The summed E-state index contributed by atoms with van der Waals surface area (Å²) in [6.45, 7) is 5.58. The van der Waals surface area contributed by atoms with Gasteiger partial charge < -0.3 is 45.1 Å². The van der Waals surface area contributed by atoms with Gasteiger partial charge in [0.1, 0.15) is 24.4 Å². The van der Waals surface area contributed by atoms with Crippen molar-refractivity contribution in [2.75, 3.05) is 13.2 Å². The zero-order chi connectivity index (χ0) is 49.7. The van der Waals surface area contributed by atoms with Gasteiger partial charge in [-0.3, -0.25) is 9.59 Å². The quantitative estimate of drug-likeness (QED) is 0.0149. The number of allylic oxidation sites excluding steroid dienone is 11. The van der Waals surface area contributed by atoms with Crippen molar-refractivity contribution in [3.8, 4) is 0 Å². The molecule has 392 valence electrons. The third kappa shape index (κ3) is 33.6. The van der Waals surface area contributed by atoms with Crippen LogP contribution in [0.1, 0.15) is 213 Å². The van der Waals surface area contributed by atoms with E-state index in [1.165, 1.54) is 103 Å². The van der Waals surface area contributed by atoms with Crippen LogP contribution in [0.3, 0.4) is 0 Å². The number of hydrogen-bond acceptors (Lipinski definition) is 10. The maximum atomic E-state index is 13.3. The molecule has 8 unspecified atom stereocenters. The predicted molar refractivity (Wildman–Crippen MR) is 278 cm³/mol. The molecule has 1 heterocycles. The largest absolute Gasteiger partial charge is 0.454 e. The lowest BCUT2D eigenvalue weighted by atomic mass is 9.99. The van der Waals surface area contributed by atoms with E-state index in [9.17, 15) is 35.1 Å². The third-order valence-corrected chi connectivity index (χ3v) is 12.5. The van der Waals surface area contributed by atoms with Crippen LogP contribution < -0.4 is 5.32 Å². The molecule has 0 bridgehead atoms. The highest BCUT2D eigenvalue weighted by atomic mass is 16.7. The maximum Gasteiger partial charge on any atom is 0.306 e. The van der Waals surface area contributed by atoms with Gasteiger partial charge in [-0.15, -0.1) is 0 Å². The Morgan fingerprint density at radius 3 is 1.59 bits per heavy atom. The van der Waals surface area contributed by atoms with Crippen molar-refractivity contribution >= 4 is 11.9 Å². The van der Waals surface area contributed by atoms with E-state index in [-0.39, 0.29) is 19.4 Å². The van der Waals surface area contributed by atoms with E-state index < -0.39 is 67.4 Å². The highest BCUT2D eigenvalue weighted by Gasteiger charge is 2.47. The van der Waals surface area contributed by atoms with Gasteiger partial charge in [0, 0.05) is 6.42 Å². The second-order valence-corrected chi connectivity index (χ2v) is 18.7. The smallest absolute Gasteiger partial charge is 0.306 e. The van der Waals surface area contributed by atoms with Crippen molar-refractivity contribution in [2.45, 2.75) is 262 Å². The molecule has 0 aromatic rings. The van der Waals surface area contributed by atoms with Gasteiger partial charge >= 0.3 is 5.97 Å². The Balaban J connectivity index is 2.81. The number of unbranched alkanes of at least 4 members (excludes halogenated alkanes) is 24. The minimum absolute atomic E-state index is 0.118. The number of hydrogen-bond donors (Lipinski definition) is 6. The highest BCUT2D eigenvalue weighted by Crippen LogP contribution is 2.26. The third-order valence-electron chi connectivity index (χ3n) is 12.5. The first-order valence-electron chi connectivity index (χ1n) is 27.3. The highest BCUT2D eigenvalue weighted by molar-refractivity contribution is 5.80. The first-order valence-corrected chi connectivity index (χ1v) is 27.3. The number of carbonyl (C=O) groups is 2. The number of ether oxygens (including phenoxy) is 3. The minimum Gasteiger partial charge on any atom is -0.454 e. The standard InChI is InChI=1S/C57H99NO10/c1-4-7-10-13-16-19-22-25-27-29-32-35-38-41-44-50(61)56(65)58-48(49(60)43-40-37-34-31-28-24-21-18-15-12-9-6-3)47-66-57-55(54(64)53(63)51(46-59)67-57)68-52(62)45-42-39-36-33-30-26-23-20-17-14-11-8-5-2/h7,10,13,16,19,22,25,27,29,32,40,43,48-51,53-55,57,59-61,63-64H,4-6,8-9,11-12,14-15,17-18,20-21,23-24,26,28,30-31,33-39,41-42,44-47H2,1-3H3,(H,58,65)/b10-7+,16-13+,22-19-,27-25-,32-29+,43-40+. The number of nitrogens with one attached hydrogen (secondary N) is 1. The molecule has 0 aromatic carbocycles. The lowest BCUT2D eigenvalue weighted by Crippen LogP contribution is -2.61. The van der Waals surface area contributed by atoms with E-state index in [1.54, 1.807) is 6.08 Å². The minimum atomic E-state index is -1.62. The van der Waals surface area contributed by atoms with Crippen molar-refractivity contribution in [2.24, 2.45) is 0 Å². The van der Waals surface area contributed by atoms with E-state index in [2.05, 4.69) is 32.2 Å². The first-order chi connectivity index (χ1) is 33.2. The molecule has 1 amide bonds. The lowest BCUT2D eigenvalue weighted by Gasteiger charge is -2.41. The van der Waals surface area contributed by atoms with Crippen LogP contribution in [0.5, 0.6) is 0 Å². The molecule has 0 radical (unpaired) electrons. The van der Waals surface area contributed by atoms with Gasteiger partial charge in [-0.05, 0) is 44.9 Å². The van der Waals surface area contributed by atoms with E-state index in [1.807, 2.05) is 60.8 Å². The number of carbonyl (C=O) groups excluding carboxylic acids is 2. The Morgan fingerprint density at radius 1 is 0.588 bits per heavy atom. The number of esters is 1. The predicted octanol–water partition coefficient (Wildman–Crippen LogP) is 11.7. The van der Waals surface area contributed by atoms with Gasteiger partial charge in [-0.25, -0.2) is 0 Å². The van der Waals surface area contributed by atoms with Crippen molar-refractivity contribution < 1.29 is 49.3 Å². The summed E-state index contributed by atoms with van der Waals surface area (Å²) in [5.41, 5.74) is 0. The fraction of sp³-hybridized carbons (Fsp3) is 0.754. The Bertz CT molecular complexity index is 1380. The molecule has 6 N–H and O–H groups in total. The van der Waals surface area contributed by atoms with Crippen molar-refractivity contribution in [3.63, 3.8) is 0 Å². The van der Waals surface area contributed by atoms with Gasteiger partial charge in [-0.2, -0.15) is 0 Å². The van der Waals surface area contributed by atoms with Gasteiger partial charge in [0.25, 0.3) is 0 Å². The summed E-state index contributed by atoms with van der Waals surface area (Å²) < 4.78 is 17.5. The molecule has 1 fully saturated rings. The van der Waals surface area contributed by atoms with Crippen LogP contribution in [0, 0.1) is 0 Å². The van der Waals surface area contributed by atoms with Crippen LogP contribution in [-0.2, 0) is 23.8 Å². The molecule has 0 saturated carbocycles. The Hall–Kier alpha value is -2.90. The molecule has 1 rings (SSSR count). The van der Waals surface area contributed by atoms with E-state index in [0.29, 0.717) is 12.8 Å². The Kier molecular flexibility index (Phi) is 42.0. The summed E-state index contributed by atoms with van der Waals surface area (Å²) in [5.74, 6) is -1.24. The van der Waals surface area contributed by atoms with E-state index in [0.717, 1.165) is 64.2 Å². The van der Waals surface area contributed by atoms with Crippen LogP contribution in [0.25, 0.3) is 0 Å².